The van der Waals surface area contributed by atoms with Crippen molar-refractivity contribution in [3.8, 4) is 17.2 Å². The highest BCUT2D eigenvalue weighted by molar-refractivity contribution is 5.92. The zero-order valence-electron chi connectivity index (χ0n) is 20.8. The van der Waals surface area contributed by atoms with Gasteiger partial charge in [0.25, 0.3) is 0 Å². The van der Waals surface area contributed by atoms with Gasteiger partial charge in [0, 0.05) is 6.08 Å². The fourth-order valence-corrected chi connectivity index (χ4v) is 3.26. The van der Waals surface area contributed by atoms with Crippen LogP contribution >= 0.6 is 0 Å². The van der Waals surface area contributed by atoms with Crippen LogP contribution in [0.3, 0.4) is 0 Å². The van der Waals surface area contributed by atoms with Crippen LogP contribution in [0.1, 0.15) is 52.0 Å². The smallest absolute Gasteiger partial charge is 0.343 e. The van der Waals surface area contributed by atoms with Crippen LogP contribution in [0, 0.1) is 6.92 Å². The van der Waals surface area contributed by atoms with Crippen LogP contribution in [0.4, 0.5) is 0 Å². The van der Waals surface area contributed by atoms with Gasteiger partial charge >= 0.3 is 17.9 Å². The molecular formula is C30H30O7. The normalized spacial score (nSPS) is 10.3. The van der Waals surface area contributed by atoms with Crippen LogP contribution < -0.4 is 14.2 Å². The maximum atomic E-state index is 12.5. The molecule has 192 valence electrons. The Labute approximate surface area is 216 Å². The van der Waals surface area contributed by atoms with Gasteiger partial charge in [0.05, 0.1) is 24.3 Å². The molecular weight excluding hydrogens is 472 g/mol. The quantitative estimate of drug-likeness (QED) is 0.121. The lowest BCUT2D eigenvalue weighted by molar-refractivity contribution is -0.137. The second kappa shape index (κ2) is 14.2. The molecule has 0 saturated heterocycles. The molecule has 3 aromatic rings. The summed E-state index contributed by atoms with van der Waals surface area (Å²) in [6.07, 6.45) is 4.72. The summed E-state index contributed by atoms with van der Waals surface area (Å²) in [5.74, 6) is 0.0291. The van der Waals surface area contributed by atoms with Crippen LogP contribution in [0.2, 0.25) is 0 Å². The van der Waals surface area contributed by atoms with Crippen LogP contribution in [0.5, 0.6) is 17.2 Å². The summed E-state index contributed by atoms with van der Waals surface area (Å²) < 4.78 is 21.4. The largest absolute Gasteiger partial charge is 0.494 e. The fraction of sp³-hybridized carbons (Fsp3) is 0.233. The Balaban J connectivity index is 1.38. The predicted octanol–water partition coefficient (Wildman–Crippen LogP) is 6.10. The Bertz CT molecular complexity index is 1180. The van der Waals surface area contributed by atoms with E-state index in [1.54, 1.807) is 60.7 Å². The second-order valence-corrected chi connectivity index (χ2v) is 8.28. The molecule has 7 nitrogen and oxygen atoms in total. The van der Waals surface area contributed by atoms with Gasteiger partial charge in [-0.2, -0.15) is 0 Å². The lowest BCUT2D eigenvalue weighted by atomic mass is 10.2. The van der Waals surface area contributed by atoms with E-state index >= 15 is 0 Å². The van der Waals surface area contributed by atoms with Crippen molar-refractivity contribution in [1.82, 2.24) is 0 Å². The zero-order valence-corrected chi connectivity index (χ0v) is 20.8. The minimum Gasteiger partial charge on any atom is -0.494 e. The second-order valence-electron chi connectivity index (χ2n) is 8.28. The molecule has 0 spiro atoms. The molecule has 0 fully saturated rings. The highest BCUT2D eigenvalue weighted by atomic mass is 16.5. The average Bonchev–Trinajstić information content (AvgIpc) is 2.92. The zero-order chi connectivity index (χ0) is 26.5. The predicted molar refractivity (Wildman–Crippen MR) is 139 cm³/mol. The summed E-state index contributed by atoms with van der Waals surface area (Å²) in [6, 6.07) is 20.1. The molecule has 0 atom stereocenters. The fourth-order valence-electron chi connectivity index (χ4n) is 3.26. The topological polar surface area (TPSA) is 88.1 Å². The maximum absolute atomic E-state index is 12.5. The number of hydrogen-bond donors (Lipinski definition) is 0. The van der Waals surface area contributed by atoms with Crippen molar-refractivity contribution in [2.24, 2.45) is 0 Å². The van der Waals surface area contributed by atoms with Crippen LogP contribution in [-0.2, 0) is 9.53 Å². The highest BCUT2D eigenvalue weighted by Gasteiger charge is 2.12. The monoisotopic (exact) mass is 502 g/mol. The summed E-state index contributed by atoms with van der Waals surface area (Å²) in [6.45, 7) is 6.25. The first-order chi connectivity index (χ1) is 17.9. The van der Waals surface area contributed by atoms with Crippen LogP contribution in [0.15, 0.2) is 85.5 Å². The lowest BCUT2D eigenvalue weighted by Crippen LogP contribution is -2.10. The molecule has 3 aromatic carbocycles. The number of ether oxygens (including phenoxy) is 4. The van der Waals surface area contributed by atoms with E-state index in [4.69, 9.17) is 18.9 Å². The molecule has 0 heterocycles. The van der Waals surface area contributed by atoms with E-state index in [0.717, 1.165) is 37.3 Å². The first kappa shape index (κ1) is 27.2. The molecule has 0 aliphatic rings. The van der Waals surface area contributed by atoms with E-state index in [0.29, 0.717) is 41.6 Å². The Morgan fingerprint density at radius 2 is 1.11 bits per heavy atom. The van der Waals surface area contributed by atoms with E-state index < -0.39 is 17.9 Å². The first-order valence-corrected chi connectivity index (χ1v) is 12.1. The number of rotatable bonds is 13. The van der Waals surface area contributed by atoms with Gasteiger partial charge in [-0.25, -0.2) is 14.4 Å². The summed E-state index contributed by atoms with van der Waals surface area (Å²) in [5, 5.41) is 0. The highest BCUT2D eigenvalue weighted by Crippen LogP contribution is 2.19. The molecule has 37 heavy (non-hydrogen) atoms. The van der Waals surface area contributed by atoms with E-state index in [9.17, 15) is 14.4 Å². The number of hydrogen-bond acceptors (Lipinski definition) is 7. The molecule has 0 amide bonds. The minimum atomic E-state index is -0.515. The van der Waals surface area contributed by atoms with E-state index in [1.807, 2.05) is 19.1 Å². The summed E-state index contributed by atoms with van der Waals surface area (Å²) in [7, 11) is 0. The van der Waals surface area contributed by atoms with Crippen molar-refractivity contribution >= 4 is 17.9 Å². The van der Waals surface area contributed by atoms with Crippen molar-refractivity contribution in [2.45, 2.75) is 32.6 Å². The number of esters is 3. The van der Waals surface area contributed by atoms with E-state index in [-0.39, 0.29) is 0 Å². The average molecular weight is 503 g/mol. The molecule has 0 saturated carbocycles. The van der Waals surface area contributed by atoms with Gasteiger partial charge in [-0.1, -0.05) is 24.3 Å². The molecule has 0 aromatic heterocycles. The lowest BCUT2D eigenvalue weighted by Gasteiger charge is -2.08. The van der Waals surface area contributed by atoms with Crippen molar-refractivity contribution in [2.75, 3.05) is 13.2 Å². The molecule has 0 aliphatic carbocycles. The van der Waals surface area contributed by atoms with Crippen molar-refractivity contribution in [1.29, 1.82) is 0 Å². The van der Waals surface area contributed by atoms with Crippen molar-refractivity contribution in [3.63, 3.8) is 0 Å². The van der Waals surface area contributed by atoms with Gasteiger partial charge in [-0.05, 0) is 93.3 Å². The Morgan fingerprint density at radius 1 is 0.649 bits per heavy atom. The number of aryl methyl sites for hydroxylation is 1. The van der Waals surface area contributed by atoms with Gasteiger partial charge in [-0.3, -0.25) is 0 Å². The Kier molecular flexibility index (Phi) is 10.5. The number of unbranched alkanes of at least 4 members (excludes halogenated alkanes) is 3. The summed E-state index contributed by atoms with van der Waals surface area (Å²) >= 11 is 0. The van der Waals surface area contributed by atoms with Gasteiger partial charge < -0.3 is 18.9 Å². The van der Waals surface area contributed by atoms with Gasteiger partial charge in [0.2, 0.25) is 0 Å². The minimum absolute atomic E-state index is 0.316. The third-order valence-electron chi connectivity index (χ3n) is 5.34. The molecule has 7 heteroatoms. The third-order valence-corrected chi connectivity index (χ3v) is 5.34. The van der Waals surface area contributed by atoms with Crippen molar-refractivity contribution < 1.29 is 33.3 Å². The van der Waals surface area contributed by atoms with Gasteiger partial charge in [0.1, 0.15) is 17.2 Å². The maximum Gasteiger partial charge on any atom is 0.343 e. The van der Waals surface area contributed by atoms with Gasteiger partial charge in [-0.15, -0.1) is 0 Å². The Morgan fingerprint density at radius 3 is 1.62 bits per heavy atom. The Hall–Kier alpha value is -4.39. The van der Waals surface area contributed by atoms with E-state index in [1.165, 1.54) is 0 Å². The number of benzene rings is 3. The van der Waals surface area contributed by atoms with Crippen LogP contribution in [-0.4, -0.2) is 31.1 Å². The third kappa shape index (κ3) is 9.29. The number of carbonyl (C=O) groups is 3. The van der Waals surface area contributed by atoms with Gasteiger partial charge in [0.15, 0.2) is 0 Å². The molecule has 3 rings (SSSR count). The molecule has 0 bridgehead atoms. The van der Waals surface area contributed by atoms with E-state index in [2.05, 4.69) is 6.58 Å². The molecule has 0 radical (unpaired) electrons. The summed E-state index contributed by atoms with van der Waals surface area (Å²) in [4.78, 5) is 35.7. The van der Waals surface area contributed by atoms with Crippen LogP contribution in [0.25, 0.3) is 0 Å². The van der Waals surface area contributed by atoms with Crippen molar-refractivity contribution in [3.05, 3.63) is 102 Å². The first-order valence-electron chi connectivity index (χ1n) is 12.1. The summed E-state index contributed by atoms with van der Waals surface area (Å²) in [5.41, 5.74) is 1.80. The SMILES string of the molecule is C=CC(=O)OCCCCCCOc1ccc(C(=O)Oc2ccc(C(=O)Oc3ccc(C)cc3)cc2)cc1. The molecule has 0 aliphatic heterocycles. The molecule has 0 unspecified atom stereocenters. The standard InChI is InChI=1S/C30H30O7/c1-3-28(31)35-21-7-5-4-6-20-34-25-16-10-23(11-17-25)29(32)37-27-18-12-24(13-19-27)30(33)36-26-14-8-22(2)9-15-26/h3,8-19H,1,4-7,20-21H2,2H3. The molecule has 0 N–H and O–H groups in total. The number of carbonyl (C=O) groups excluding carboxylic acids is 3.